The SMILES string of the molecule is O=C(O)c1cnnn1-c1ccc(Cl)cc1F. The van der Waals surface area contributed by atoms with Crippen LogP contribution in [-0.4, -0.2) is 26.1 Å². The van der Waals surface area contributed by atoms with Crippen molar-refractivity contribution in [2.45, 2.75) is 0 Å². The Hall–Kier alpha value is -1.95. The van der Waals surface area contributed by atoms with Gasteiger partial charge in [-0.15, -0.1) is 5.10 Å². The van der Waals surface area contributed by atoms with Crippen molar-refractivity contribution in [1.29, 1.82) is 0 Å². The molecule has 0 saturated carbocycles. The molecular formula is C9H5ClFN3O2. The van der Waals surface area contributed by atoms with E-state index < -0.39 is 11.8 Å². The van der Waals surface area contributed by atoms with E-state index >= 15 is 0 Å². The number of benzene rings is 1. The van der Waals surface area contributed by atoms with Crippen molar-refractivity contribution < 1.29 is 14.3 Å². The lowest BCUT2D eigenvalue weighted by Crippen LogP contribution is -2.09. The topological polar surface area (TPSA) is 68.0 Å². The van der Waals surface area contributed by atoms with Gasteiger partial charge in [0.1, 0.15) is 11.5 Å². The molecule has 2 rings (SSSR count). The molecule has 1 aromatic heterocycles. The zero-order chi connectivity index (χ0) is 11.7. The standard InChI is InChI=1S/C9H5ClFN3O2/c10-5-1-2-7(6(11)3-5)14-8(9(15)16)4-12-13-14/h1-4H,(H,15,16). The summed E-state index contributed by atoms with van der Waals surface area (Å²) in [5.74, 6) is -1.90. The summed E-state index contributed by atoms with van der Waals surface area (Å²) in [5.41, 5.74) is -0.236. The fraction of sp³-hybridized carbons (Fsp3) is 0. The van der Waals surface area contributed by atoms with Gasteiger partial charge in [0.2, 0.25) is 0 Å². The van der Waals surface area contributed by atoms with Gasteiger partial charge in [0.05, 0.1) is 6.20 Å². The van der Waals surface area contributed by atoms with E-state index in [0.29, 0.717) is 0 Å². The van der Waals surface area contributed by atoms with Gasteiger partial charge < -0.3 is 5.11 Å². The molecule has 0 aliphatic carbocycles. The van der Waals surface area contributed by atoms with Gasteiger partial charge in [0.25, 0.3) is 0 Å². The van der Waals surface area contributed by atoms with E-state index in [1.165, 1.54) is 12.1 Å². The largest absolute Gasteiger partial charge is 0.476 e. The third-order valence-electron chi connectivity index (χ3n) is 1.91. The number of aromatic nitrogens is 3. The molecule has 0 aliphatic heterocycles. The molecule has 1 heterocycles. The molecule has 0 bridgehead atoms. The quantitative estimate of drug-likeness (QED) is 0.870. The van der Waals surface area contributed by atoms with Crippen LogP contribution in [0.2, 0.25) is 5.02 Å². The van der Waals surface area contributed by atoms with Gasteiger partial charge in [-0.2, -0.15) is 0 Å². The molecule has 16 heavy (non-hydrogen) atoms. The molecule has 0 fully saturated rings. The second-order valence-electron chi connectivity index (χ2n) is 2.93. The molecular weight excluding hydrogens is 237 g/mol. The Morgan fingerprint density at radius 3 is 2.88 bits per heavy atom. The normalized spacial score (nSPS) is 10.4. The summed E-state index contributed by atoms with van der Waals surface area (Å²) in [7, 11) is 0. The van der Waals surface area contributed by atoms with Crippen molar-refractivity contribution in [1.82, 2.24) is 15.0 Å². The summed E-state index contributed by atoms with van der Waals surface area (Å²) >= 11 is 5.58. The second kappa shape index (κ2) is 3.90. The van der Waals surface area contributed by atoms with Crippen molar-refractivity contribution in [2.75, 3.05) is 0 Å². The van der Waals surface area contributed by atoms with Crippen molar-refractivity contribution in [3.05, 3.63) is 40.9 Å². The summed E-state index contributed by atoms with van der Waals surface area (Å²) in [5, 5.41) is 15.9. The van der Waals surface area contributed by atoms with Crippen LogP contribution in [0.5, 0.6) is 0 Å². The van der Waals surface area contributed by atoms with Crippen LogP contribution in [-0.2, 0) is 0 Å². The third kappa shape index (κ3) is 1.74. The maximum absolute atomic E-state index is 13.5. The number of carboxylic acid groups (broad SMARTS) is 1. The summed E-state index contributed by atoms with van der Waals surface area (Å²) in [6.07, 6.45) is 1.04. The molecule has 0 spiro atoms. The Balaban J connectivity index is 2.59. The zero-order valence-electron chi connectivity index (χ0n) is 7.76. The van der Waals surface area contributed by atoms with Gasteiger partial charge in [-0.05, 0) is 18.2 Å². The number of halogens is 2. The van der Waals surface area contributed by atoms with E-state index in [9.17, 15) is 9.18 Å². The Labute approximate surface area is 94.1 Å². The number of hydrogen-bond donors (Lipinski definition) is 1. The van der Waals surface area contributed by atoms with Gasteiger partial charge in [0.15, 0.2) is 5.69 Å². The Morgan fingerprint density at radius 1 is 1.50 bits per heavy atom. The van der Waals surface area contributed by atoms with Gasteiger partial charge >= 0.3 is 5.97 Å². The van der Waals surface area contributed by atoms with Crippen molar-refractivity contribution in [2.24, 2.45) is 0 Å². The minimum atomic E-state index is -1.24. The highest BCUT2D eigenvalue weighted by molar-refractivity contribution is 6.30. The number of aromatic carboxylic acids is 1. The first-order valence-corrected chi connectivity index (χ1v) is 4.57. The number of carboxylic acids is 1. The molecule has 1 N–H and O–H groups in total. The second-order valence-corrected chi connectivity index (χ2v) is 3.37. The Bertz CT molecular complexity index is 555. The first-order valence-electron chi connectivity index (χ1n) is 4.19. The first kappa shape index (κ1) is 10.6. The Kier molecular flexibility index (Phi) is 2.57. The van der Waals surface area contributed by atoms with Crippen LogP contribution in [0.25, 0.3) is 5.69 Å². The molecule has 0 atom stereocenters. The lowest BCUT2D eigenvalue weighted by molar-refractivity contribution is 0.0687. The molecule has 0 radical (unpaired) electrons. The fourth-order valence-electron chi connectivity index (χ4n) is 1.21. The van der Waals surface area contributed by atoms with E-state index in [1.807, 2.05) is 0 Å². The lowest BCUT2D eigenvalue weighted by atomic mass is 10.3. The predicted octanol–water partition coefficient (Wildman–Crippen LogP) is 1.76. The van der Waals surface area contributed by atoms with Crippen molar-refractivity contribution >= 4 is 17.6 Å². The van der Waals surface area contributed by atoms with Gasteiger partial charge in [-0.1, -0.05) is 16.8 Å². The summed E-state index contributed by atoms with van der Waals surface area (Å²) in [4.78, 5) is 10.8. The van der Waals surface area contributed by atoms with Crippen molar-refractivity contribution in [3.8, 4) is 5.69 Å². The number of rotatable bonds is 2. The average molecular weight is 242 g/mol. The molecule has 1 aromatic carbocycles. The fourth-order valence-corrected chi connectivity index (χ4v) is 1.37. The molecule has 2 aromatic rings. The highest BCUT2D eigenvalue weighted by Gasteiger charge is 2.15. The zero-order valence-corrected chi connectivity index (χ0v) is 8.52. The van der Waals surface area contributed by atoms with Crippen LogP contribution in [0.3, 0.4) is 0 Å². The number of nitrogens with zero attached hydrogens (tertiary/aromatic N) is 3. The molecule has 0 saturated heterocycles. The van der Waals surface area contributed by atoms with Crippen LogP contribution < -0.4 is 0 Å². The minimum absolute atomic E-state index is 0.0145. The maximum atomic E-state index is 13.5. The smallest absolute Gasteiger partial charge is 0.356 e. The van der Waals surface area contributed by atoms with E-state index in [2.05, 4.69) is 10.3 Å². The molecule has 5 nitrogen and oxygen atoms in total. The van der Waals surface area contributed by atoms with Crippen LogP contribution in [0.15, 0.2) is 24.4 Å². The van der Waals surface area contributed by atoms with E-state index in [-0.39, 0.29) is 16.4 Å². The predicted molar refractivity (Wildman–Crippen MR) is 53.3 cm³/mol. The van der Waals surface area contributed by atoms with E-state index in [0.717, 1.165) is 16.9 Å². The van der Waals surface area contributed by atoms with Gasteiger partial charge in [-0.3, -0.25) is 0 Å². The first-order chi connectivity index (χ1) is 7.59. The molecule has 82 valence electrons. The average Bonchev–Trinajstić information content (AvgIpc) is 2.66. The summed E-state index contributed by atoms with van der Waals surface area (Å²) < 4.78 is 14.4. The van der Waals surface area contributed by atoms with Gasteiger partial charge in [0, 0.05) is 5.02 Å². The summed E-state index contributed by atoms with van der Waals surface area (Å²) in [6, 6.07) is 3.84. The maximum Gasteiger partial charge on any atom is 0.356 e. The lowest BCUT2D eigenvalue weighted by Gasteiger charge is -2.04. The summed E-state index contributed by atoms with van der Waals surface area (Å²) in [6.45, 7) is 0. The highest BCUT2D eigenvalue weighted by atomic mass is 35.5. The molecule has 0 amide bonds. The number of hydrogen-bond acceptors (Lipinski definition) is 3. The monoisotopic (exact) mass is 241 g/mol. The van der Waals surface area contributed by atoms with E-state index in [4.69, 9.17) is 16.7 Å². The minimum Gasteiger partial charge on any atom is -0.476 e. The van der Waals surface area contributed by atoms with E-state index in [1.54, 1.807) is 0 Å². The van der Waals surface area contributed by atoms with Crippen LogP contribution in [0.1, 0.15) is 10.5 Å². The molecule has 7 heteroatoms. The van der Waals surface area contributed by atoms with Crippen LogP contribution in [0, 0.1) is 5.82 Å². The third-order valence-corrected chi connectivity index (χ3v) is 2.14. The Morgan fingerprint density at radius 2 is 2.25 bits per heavy atom. The van der Waals surface area contributed by atoms with Gasteiger partial charge in [-0.25, -0.2) is 13.9 Å². The van der Waals surface area contributed by atoms with Crippen LogP contribution >= 0.6 is 11.6 Å². The van der Waals surface area contributed by atoms with Crippen molar-refractivity contribution in [3.63, 3.8) is 0 Å². The molecule has 0 aliphatic rings. The number of carbonyl (C=O) groups is 1. The highest BCUT2D eigenvalue weighted by Crippen LogP contribution is 2.18. The van der Waals surface area contributed by atoms with Crippen LogP contribution in [0.4, 0.5) is 4.39 Å². The molecule has 0 unspecified atom stereocenters.